The summed E-state index contributed by atoms with van der Waals surface area (Å²) in [4.78, 5) is 1.75. The molecule has 100 valence electrons. The van der Waals surface area contributed by atoms with E-state index in [1.165, 1.54) is 38.0 Å². The second kappa shape index (κ2) is 6.86. The minimum Gasteiger partial charge on any atom is -0.343 e. The maximum Gasteiger partial charge on any atom is 0.123 e. The molecule has 2 rings (SSSR count). The average molecular weight is 252 g/mol. The van der Waals surface area contributed by atoms with E-state index in [2.05, 4.69) is 12.2 Å². The van der Waals surface area contributed by atoms with Gasteiger partial charge in [0.25, 0.3) is 0 Å². The van der Waals surface area contributed by atoms with Gasteiger partial charge in [-0.1, -0.05) is 12.1 Å². The van der Waals surface area contributed by atoms with Crippen LogP contribution in [0.15, 0.2) is 24.3 Å². The van der Waals surface area contributed by atoms with Gasteiger partial charge in [0, 0.05) is 19.3 Å². The monoisotopic (exact) mass is 252 g/mol. The molecular weight excluding hydrogens is 227 g/mol. The lowest BCUT2D eigenvalue weighted by molar-refractivity contribution is -0.911. The largest absolute Gasteiger partial charge is 0.343 e. The zero-order valence-electron chi connectivity index (χ0n) is 11.3. The Bertz CT molecular complexity index is 342. The molecule has 0 spiro atoms. The first-order valence-corrected chi connectivity index (χ1v) is 7.19. The highest BCUT2D eigenvalue weighted by Crippen LogP contribution is 2.02. The van der Waals surface area contributed by atoms with E-state index in [0.29, 0.717) is 0 Å². The Labute approximate surface area is 109 Å². The molecule has 1 fully saturated rings. The smallest absolute Gasteiger partial charge is 0.123 e. The van der Waals surface area contributed by atoms with Crippen LogP contribution in [0, 0.1) is 5.82 Å². The molecule has 2 nitrogen and oxygen atoms in total. The third-order valence-corrected chi connectivity index (χ3v) is 4.08. The third kappa shape index (κ3) is 4.07. The van der Waals surface area contributed by atoms with Crippen molar-refractivity contribution in [1.82, 2.24) is 0 Å². The Morgan fingerprint density at radius 2 is 1.89 bits per heavy atom. The van der Waals surface area contributed by atoms with Gasteiger partial charge in [-0.25, -0.2) is 4.39 Å². The highest BCUT2D eigenvalue weighted by atomic mass is 19.1. The van der Waals surface area contributed by atoms with Crippen LogP contribution in [0.4, 0.5) is 4.39 Å². The summed E-state index contributed by atoms with van der Waals surface area (Å²) < 4.78 is 12.8. The van der Waals surface area contributed by atoms with Crippen molar-refractivity contribution in [2.24, 2.45) is 0 Å². The van der Waals surface area contributed by atoms with Gasteiger partial charge in [0.15, 0.2) is 0 Å². The van der Waals surface area contributed by atoms with E-state index in [-0.39, 0.29) is 5.82 Å². The number of hydrogen-bond acceptors (Lipinski definition) is 0. The topological polar surface area (TPSA) is 21.1 Å². The average Bonchev–Trinajstić information content (AvgIpc) is 2.42. The van der Waals surface area contributed by atoms with Crippen molar-refractivity contribution < 1.29 is 14.6 Å². The number of hydrogen-bond donors (Lipinski definition) is 2. The lowest BCUT2D eigenvalue weighted by Gasteiger charge is -2.27. The molecule has 0 amide bonds. The summed E-state index contributed by atoms with van der Waals surface area (Å²) in [5.41, 5.74) is 1.24. The number of likely N-dealkylation sites (tertiary alicyclic amines) is 1. The van der Waals surface area contributed by atoms with E-state index in [9.17, 15) is 4.39 Å². The SMILES string of the molecule is CC[NH+]1CCC([NH2+]CCc2ccc(F)cc2)CC1. The summed E-state index contributed by atoms with van der Waals surface area (Å²) in [7, 11) is 0. The standard InChI is InChI=1S/C15H23FN2/c1-2-18-11-8-15(9-12-18)17-10-7-13-3-5-14(16)6-4-13/h3-6,15,17H,2,7-12H2,1H3/p+2. The quantitative estimate of drug-likeness (QED) is 0.736. The van der Waals surface area contributed by atoms with Gasteiger partial charge in [0.2, 0.25) is 0 Å². The van der Waals surface area contributed by atoms with E-state index in [1.807, 2.05) is 12.1 Å². The second-order valence-electron chi connectivity index (χ2n) is 5.34. The first-order chi connectivity index (χ1) is 8.78. The summed E-state index contributed by atoms with van der Waals surface area (Å²) in [5.74, 6) is -0.141. The van der Waals surface area contributed by atoms with E-state index in [1.54, 1.807) is 17.0 Å². The molecule has 3 N–H and O–H groups in total. The van der Waals surface area contributed by atoms with Crippen molar-refractivity contribution in [2.45, 2.75) is 32.2 Å². The lowest BCUT2D eigenvalue weighted by Crippen LogP contribution is -3.14. The highest BCUT2D eigenvalue weighted by molar-refractivity contribution is 5.15. The maximum atomic E-state index is 12.8. The van der Waals surface area contributed by atoms with Crippen LogP contribution >= 0.6 is 0 Å². The van der Waals surface area contributed by atoms with Crippen LogP contribution in [-0.2, 0) is 6.42 Å². The summed E-state index contributed by atoms with van der Waals surface area (Å²) >= 11 is 0. The van der Waals surface area contributed by atoms with Crippen LogP contribution in [0.1, 0.15) is 25.3 Å². The van der Waals surface area contributed by atoms with Gasteiger partial charge in [-0.2, -0.15) is 0 Å². The van der Waals surface area contributed by atoms with E-state index in [4.69, 9.17) is 0 Å². The molecule has 0 aliphatic carbocycles. The molecule has 0 atom stereocenters. The first-order valence-electron chi connectivity index (χ1n) is 7.19. The molecule has 1 saturated heterocycles. The molecule has 0 saturated carbocycles. The van der Waals surface area contributed by atoms with Crippen molar-refractivity contribution in [3.8, 4) is 0 Å². The van der Waals surface area contributed by atoms with Gasteiger partial charge >= 0.3 is 0 Å². The second-order valence-corrected chi connectivity index (χ2v) is 5.34. The first kappa shape index (κ1) is 13.5. The van der Waals surface area contributed by atoms with Gasteiger partial charge in [-0.15, -0.1) is 0 Å². The van der Waals surface area contributed by atoms with Crippen LogP contribution in [-0.4, -0.2) is 32.2 Å². The number of rotatable bonds is 5. The Balaban J connectivity index is 1.65. The van der Waals surface area contributed by atoms with Crippen LogP contribution < -0.4 is 10.2 Å². The summed E-state index contributed by atoms with van der Waals surface area (Å²) in [6, 6.07) is 7.71. The maximum absolute atomic E-state index is 12.8. The van der Waals surface area contributed by atoms with Crippen molar-refractivity contribution in [3.05, 3.63) is 35.6 Å². The van der Waals surface area contributed by atoms with Crippen LogP contribution in [0.25, 0.3) is 0 Å². The third-order valence-electron chi connectivity index (χ3n) is 4.08. The Morgan fingerprint density at radius 3 is 2.50 bits per heavy atom. The molecule has 1 heterocycles. The molecule has 0 aromatic heterocycles. The molecule has 1 aliphatic rings. The van der Waals surface area contributed by atoms with Gasteiger partial charge in [-0.3, -0.25) is 0 Å². The number of nitrogens with one attached hydrogen (secondary N) is 1. The fourth-order valence-electron chi connectivity index (χ4n) is 2.77. The van der Waals surface area contributed by atoms with E-state index in [0.717, 1.165) is 19.0 Å². The van der Waals surface area contributed by atoms with Gasteiger partial charge in [0.1, 0.15) is 5.82 Å². The van der Waals surface area contributed by atoms with Crippen LogP contribution in [0.3, 0.4) is 0 Å². The number of benzene rings is 1. The molecule has 0 unspecified atom stereocenters. The van der Waals surface area contributed by atoms with E-state index >= 15 is 0 Å². The number of piperidine rings is 1. The van der Waals surface area contributed by atoms with Crippen LogP contribution in [0.2, 0.25) is 0 Å². The lowest BCUT2D eigenvalue weighted by atomic mass is 10.0. The van der Waals surface area contributed by atoms with Crippen molar-refractivity contribution in [3.63, 3.8) is 0 Å². The van der Waals surface area contributed by atoms with Gasteiger partial charge in [-0.05, 0) is 24.6 Å². The van der Waals surface area contributed by atoms with Gasteiger partial charge < -0.3 is 10.2 Å². The van der Waals surface area contributed by atoms with Crippen molar-refractivity contribution in [1.29, 1.82) is 0 Å². The molecule has 1 aliphatic heterocycles. The Hall–Kier alpha value is -0.930. The predicted molar refractivity (Wildman–Crippen MR) is 71.2 cm³/mol. The molecule has 1 aromatic rings. The van der Waals surface area contributed by atoms with E-state index < -0.39 is 0 Å². The Kier molecular flexibility index (Phi) is 5.14. The molecule has 0 radical (unpaired) electrons. The minimum absolute atomic E-state index is 0.141. The summed E-state index contributed by atoms with van der Waals surface area (Å²) in [6.07, 6.45) is 3.72. The molecular formula is C15H25FN2+2. The minimum atomic E-state index is -0.141. The van der Waals surface area contributed by atoms with Crippen molar-refractivity contribution >= 4 is 0 Å². The van der Waals surface area contributed by atoms with Gasteiger partial charge in [0.05, 0.1) is 32.2 Å². The number of halogens is 1. The van der Waals surface area contributed by atoms with Crippen molar-refractivity contribution in [2.75, 3.05) is 26.2 Å². The zero-order chi connectivity index (χ0) is 12.8. The normalized spacial score (nSPS) is 24.1. The summed E-state index contributed by atoms with van der Waals surface area (Å²) in [6.45, 7) is 7.32. The molecule has 1 aromatic carbocycles. The molecule has 0 bridgehead atoms. The fourth-order valence-corrected chi connectivity index (χ4v) is 2.77. The zero-order valence-corrected chi connectivity index (χ0v) is 11.3. The fraction of sp³-hybridized carbons (Fsp3) is 0.600. The number of nitrogens with two attached hydrogens (primary N) is 1. The van der Waals surface area contributed by atoms with Crippen LogP contribution in [0.5, 0.6) is 0 Å². The molecule has 18 heavy (non-hydrogen) atoms. The summed E-state index contributed by atoms with van der Waals surface area (Å²) in [5, 5.41) is 2.48. The Morgan fingerprint density at radius 1 is 1.22 bits per heavy atom. The number of quaternary nitrogens is 2. The highest BCUT2D eigenvalue weighted by Gasteiger charge is 2.22. The molecule has 3 heteroatoms. The predicted octanol–water partition coefficient (Wildman–Crippen LogP) is -0.00120.